The lowest BCUT2D eigenvalue weighted by Gasteiger charge is -2.27. The Balaban J connectivity index is 2.20. The molecule has 26 heavy (non-hydrogen) atoms. The second kappa shape index (κ2) is 9.43. The molecular formula is C21H23Br3O2. The van der Waals surface area contributed by atoms with Crippen LogP contribution >= 0.6 is 47.8 Å². The van der Waals surface area contributed by atoms with Crippen molar-refractivity contribution >= 4 is 47.8 Å². The monoisotopic (exact) mass is 544 g/mol. The highest BCUT2D eigenvalue weighted by molar-refractivity contribution is 9.28. The highest BCUT2D eigenvalue weighted by atomic mass is 79.9. The highest BCUT2D eigenvalue weighted by Crippen LogP contribution is 2.36. The molecule has 0 aliphatic rings. The zero-order valence-corrected chi connectivity index (χ0v) is 20.1. The average molecular weight is 547 g/mol. The van der Waals surface area contributed by atoms with Gasteiger partial charge in [0.25, 0.3) is 0 Å². The molecule has 0 aliphatic heterocycles. The molecule has 2 aromatic carbocycles. The number of ether oxygens (including phenoxy) is 2. The van der Waals surface area contributed by atoms with Crippen LogP contribution in [0.5, 0.6) is 11.5 Å². The Morgan fingerprint density at radius 3 is 2.19 bits per heavy atom. The lowest BCUT2D eigenvalue weighted by molar-refractivity contribution is 0.242. The summed E-state index contributed by atoms with van der Waals surface area (Å²) < 4.78 is 13.3. The van der Waals surface area contributed by atoms with Gasteiger partial charge in [0, 0.05) is 5.41 Å². The van der Waals surface area contributed by atoms with Gasteiger partial charge in [0.15, 0.2) is 0 Å². The van der Waals surface area contributed by atoms with Crippen molar-refractivity contribution in [3.05, 3.63) is 67.5 Å². The van der Waals surface area contributed by atoms with Crippen LogP contribution in [0.1, 0.15) is 38.8 Å². The van der Waals surface area contributed by atoms with Crippen LogP contribution in [0, 0.1) is 0 Å². The van der Waals surface area contributed by atoms with E-state index in [2.05, 4.69) is 85.9 Å². The van der Waals surface area contributed by atoms with E-state index in [0.29, 0.717) is 6.61 Å². The maximum absolute atomic E-state index is 5.77. The summed E-state index contributed by atoms with van der Waals surface area (Å²) in [6.07, 6.45) is 2.09. The standard InChI is InChI=1S/C21H23Br3O2/c1-14(2)26-17-8-5-15(6-9-17)21(3,4)16-7-10-19(18(22)13-16)25-12-11-20(23)24/h5-11,13-14H,12H2,1-4H3. The van der Waals surface area contributed by atoms with Crippen molar-refractivity contribution in [3.8, 4) is 11.5 Å². The van der Waals surface area contributed by atoms with Gasteiger partial charge in [0.1, 0.15) is 18.1 Å². The Labute approximate surface area is 181 Å². The zero-order chi connectivity index (χ0) is 19.3. The number of rotatable bonds is 7. The first-order chi connectivity index (χ1) is 12.2. The first kappa shape index (κ1) is 21.5. The summed E-state index contributed by atoms with van der Waals surface area (Å²) in [5.74, 6) is 1.72. The Bertz CT molecular complexity index is 761. The summed E-state index contributed by atoms with van der Waals surface area (Å²) in [5.41, 5.74) is 2.32. The van der Waals surface area contributed by atoms with E-state index in [4.69, 9.17) is 9.47 Å². The smallest absolute Gasteiger partial charge is 0.133 e. The summed E-state index contributed by atoms with van der Waals surface area (Å²) in [7, 11) is 0. The van der Waals surface area contributed by atoms with Crippen LogP contribution in [0.25, 0.3) is 0 Å². The minimum absolute atomic E-state index is 0.129. The fraction of sp³-hybridized carbons (Fsp3) is 0.333. The molecule has 0 saturated heterocycles. The van der Waals surface area contributed by atoms with Crippen LogP contribution in [-0.4, -0.2) is 12.7 Å². The molecular weight excluding hydrogens is 524 g/mol. The molecule has 5 heteroatoms. The molecule has 0 N–H and O–H groups in total. The van der Waals surface area contributed by atoms with Crippen LogP contribution in [0.3, 0.4) is 0 Å². The van der Waals surface area contributed by atoms with Crippen LogP contribution in [0.2, 0.25) is 0 Å². The van der Waals surface area contributed by atoms with Crippen molar-refractivity contribution in [2.45, 2.75) is 39.2 Å². The first-order valence-electron chi connectivity index (χ1n) is 8.41. The fourth-order valence-corrected chi connectivity index (χ4v) is 3.35. The molecule has 0 amide bonds. The Morgan fingerprint density at radius 2 is 1.65 bits per heavy atom. The number of benzene rings is 2. The first-order valence-corrected chi connectivity index (χ1v) is 10.8. The molecule has 0 aromatic heterocycles. The average Bonchev–Trinajstić information content (AvgIpc) is 2.56. The third-order valence-corrected chi connectivity index (χ3v) is 5.35. The van der Waals surface area contributed by atoms with E-state index >= 15 is 0 Å². The predicted molar refractivity (Wildman–Crippen MR) is 120 cm³/mol. The van der Waals surface area contributed by atoms with Gasteiger partial charge in [-0.3, -0.25) is 0 Å². The van der Waals surface area contributed by atoms with E-state index in [1.54, 1.807) is 0 Å². The lowest BCUT2D eigenvalue weighted by atomic mass is 9.78. The van der Waals surface area contributed by atoms with Gasteiger partial charge in [-0.25, -0.2) is 0 Å². The van der Waals surface area contributed by atoms with Crippen molar-refractivity contribution in [1.29, 1.82) is 0 Å². The third kappa shape index (κ3) is 5.86. The molecule has 2 aromatic rings. The summed E-state index contributed by atoms with van der Waals surface area (Å²) in [6, 6.07) is 14.6. The van der Waals surface area contributed by atoms with Gasteiger partial charge in [0.2, 0.25) is 0 Å². The van der Waals surface area contributed by atoms with Crippen LogP contribution < -0.4 is 9.47 Å². The second-order valence-electron chi connectivity index (χ2n) is 6.77. The Morgan fingerprint density at radius 1 is 1.04 bits per heavy atom. The summed E-state index contributed by atoms with van der Waals surface area (Å²) >= 11 is 10.3. The minimum atomic E-state index is -0.129. The largest absolute Gasteiger partial charge is 0.491 e. The molecule has 0 fully saturated rings. The van der Waals surface area contributed by atoms with Crippen LogP contribution in [-0.2, 0) is 5.41 Å². The number of hydrogen-bond acceptors (Lipinski definition) is 2. The third-order valence-electron chi connectivity index (χ3n) is 4.08. The molecule has 0 unspecified atom stereocenters. The molecule has 0 radical (unpaired) electrons. The van der Waals surface area contributed by atoms with Crippen LogP contribution in [0.4, 0.5) is 0 Å². The van der Waals surface area contributed by atoms with Gasteiger partial charge in [0.05, 0.1) is 14.0 Å². The number of halogens is 3. The van der Waals surface area contributed by atoms with E-state index in [0.717, 1.165) is 19.4 Å². The Hall–Kier alpha value is -0.780. The quantitative estimate of drug-likeness (QED) is 0.356. The lowest BCUT2D eigenvalue weighted by Crippen LogP contribution is -2.19. The molecule has 0 spiro atoms. The summed E-state index contributed by atoms with van der Waals surface area (Å²) in [5, 5.41) is 0. The minimum Gasteiger partial charge on any atom is -0.491 e. The SMILES string of the molecule is CC(C)Oc1ccc(C(C)(C)c2ccc(OCC=C(Br)Br)c(Br)c2)cc1. The van der Waals surface area contributed by atoms with Crippen molar-refractivity contribution in [3.63, 3.8) is 0 Å². The molecule has 2 rings (SSSR count). The maximum Gasteiger partial charge on any atom is 0.133 e. The van der Waals surface area contributed by atoms with Gasteiger partial charge in [-0.05, 0) is 103 Å². The molecule has 2 nitrogen and oxygen atoms in total. The van der Waals surface area contributed by atoms with E-state index in [9.17, 15) is 0 Å². The van der Waals surface area contributed by atoms with E-state index in [1.165, 1.54) is 11.1 Å². The highest BCUT2D eigenvalue weighted by Gasteiger charge is 2.24. The van der Waals surface area contributed by atoms with Crippen molar-refractivity contribution < 1.29 is 9.47 Å². The van der Waals surface area contributed by atoms with Gasteiger partial charge in [-0.1, -0.05) is 32.0 Å². The van der Waals surface area contributed by atoms with Gasteiger partial charge >= 0.3 is 0 Å². The molecule has 0 heterocycles. The molecule has 140 valence electrons. The number of hydrogen-bond donors (Lipinski definition) is 0. The van der Waals surface area contributed by atoms with E-state index in [1.807, 2.05) is 38.1 Å². The van der Waals surface area contributed by atoms with Crippen molar-refractivity contribution in [2.75, 3.05) is 6.61 Å². The van der Waals surface area contributed by atoms with Gasteiger partial charge < -0.3 is 9.47 Å². The van der Waals surface area contributed by atoms with Gasteiger partial charge in [-0.15, -0.1) is 0 Å². The zero-order valence-electron chi connectivity index (χ0n) is 15.4. The molecule has 0 aliphatic carbocycles. The normalized spacial score (nSPS) is 11.4. The van der Waals surface area contributed by atoms with Crippen LogP contribution in [0.15, 0.2) is 56.4 Å². The van der Waals surface area contributed by atoms with E-state index in [-0.39, 0.29) is 11.5 Å². The molecule has 0 atom stereocenters. The van der Waals surface area contributed by atoms with E-state index < -0.39 is 0 Å². The summed E-state index contributed by atoms with van der Waals surface area (Å²) in [6.45, 7) is 9.00. The molecule has 0 bridgehead atoms. The second-order valence-corrected chi connectivity index (χ2v) is 10.4. The van der Waals surface area contributed by atoms with Crippen molar-refractivity contribution in [2.24, 2.45) is 0 Å². The van der Waals surface area contributed by atoms with Crippen molar-refractivity contribution in [1.82, 2.24) is 0 Å². The molecule has 0 saturated carbocycles. The van der Waals surface area contributed by atoms with Gasteiger partial charge in [-0.2, -0.15) is 0 Å². The fourth-order valence-electron chi connectivity index (χ4n) is 2.59. The topological polar surface area (TPSA) is 18.5 Å². The Kier molecular flexibility index (Phi) is 7.80. The predicted octanol–water partition coefficient (Wildman–Crippen LogP) is 7.57. The summed E-state index contributed by atoms with van der Waals surface area (Å²) in [4.78, 5) is 0. The maximum atomic E-state index is 5.77.